The van der Waals surface area contributed by atoms with Gasteiger partial charge in [-0.05, 0) is 42.3 Å². The van der Waals surface area contributed by atoms with E-state index in [2.05, 4.69) is 48.3 Å². The van der Waals surface area contributed by atoms with Crippen molar-refractivity contribution in [2.75, 3.05) is 25.9 Å². The van der Waals surface area contributed by atoms with Crippen molar-refractivity contribution < 1.29 is 4.74 Å². The lowest BCUT2D eigenvalue weighted by atomic mass is 9.97. The van der Waals surface area contributed by atoms with Gasteiger partial charge in [-0.25, -0.2) is 0 Å². The third-order valence-electron chi connectivity index (χ3n) is 4.00. The van der Waals surface area contributed by atoms with Crippen LogP contribution in [0.5, 0.6) is 0 Å². The van der Waals surface area contributed by atoms with Crippen LogP contribution in [0.3, 0.4) is 0 Å². The van der Waals surface area contributed by atoms with E-state index in [1.54, 1.807) is 0 Å². The standard InChI is InChI=1S/C18H22N2O/c1-20(12-14-6-8-16(19)9-7-14)13-18-17-5-3-2-4-15(17)10-11-21-18/h2-9,18H,10-13,19H2,1H3. The van der Waals surface area contributed by atoms with Gasteiger partial charge in [0.2, 0.25) is 0 Å². The number of nitrogens with zero attached hydrogens (tertiary/aromatic N) is 1. The second-order valence-corrected chi connectivity index (χ2v) is 5.75. The first kappa shape index (κ1) is 14.1. The lowest BCUT2D eigenvalue weighted by Crippen LogP contribution is -2.29. The van der Waals surface area contributed by atoms with E-state index in [-0.39, 0.29) is 6.10 Å². The molecule has 0 spiro atoms. The van der Waals surface area contributed by atoms with E-state index in [0.717, 1.165) is 31.8 Å². The molecule has 0 bridgehead atoms. The van der Waals surface area contributed by atoms with E-state index in [1.807, 2.05) is 12.1 Å². The Morgan fingerprint density at radius 2 is 1.90 bits per heavy atom. The van der Waals surface area contributed by atoms with Gasteiger partial charge in [-0.2, -0.15) is 0 Å². The van der Waals surface area contributed by atoms with Crippen LogP contribution in [0.25, 0.3) is 0 Å². The number of fused-ring (bicyclic) bond motifs is 1. The van der Waals surface area contributed by atoms with E-state index in [9.17, 15) is 0 Å². The zero-order valence-corrected chi connectivity index (χ0v) is 12.5. The monoisotopic (exact) mass is 282 g/mol. The number of benzene rings is 2. The minimum atomic E-state index is 0.175. The molecule has 2 N–H and O–H groups in total. The summed E-state index contributed by atoms with van der Waals surface area (Å²) in [7, 11) is 2.14. The first-order valence-corrected chi connectivity index (χ1v) is 7.45. The van der Waals surface area contributed by atoms with Crippen LogP contribution in [0, 0.1) is 0 Å². The average molecular weight is 282 g/mol. The summed E-state index contributed by atoms with van der Waals surface area (Å²) < 4.78 is 5.97. The molecule has 3 rings (SSSR count). The van der Waals surface area contributed by atoms with Gasteiger partial charge in [0.15, 0.2) is 0 Å². The maximum atomic E-state index is 5.97. The van der Waals surface area contributed by atoms with Gasteiger partial charge in [-0.3, -0.25) is 4.90 Å². The highest BCUT2D eigenvalue weighted by Gasteiger charge is 2.21. The molecule has 3 heteroatoms. The van der Waals surface area contributed by atoms with Crippen molar-refractivity contribution in [3.05, 3.63) is 65.2 Å². The van der Waals surface area contributed by atoms with Crippen LogP contribution in [0.2, 0.25) is 0 Å². The quantitative estimate of drug-likeness (QED) is 0.876. The molecular formula is C18H22N2O. The summed E-state index contributed by atoms with van der Waals surface area (Å²) in [6.07, 6.45) is 1.20. The molecule has 2 aromatic rings. The normalized spacial score (nSPS) is 17.7. The average Bonchev–Trinajstić information content (AvgIpc) is 2.50. The van der Waals surface area contributed by atoms with E-state index >= 15 is 0 Å². The van der Waals surface area contributed by atoms with E-state index in [0.29, 0.717) is 0 Å². The summed E-state index contributed by atoms with van der Waals surface area (Å²) in [5.74, 6) is 0. The van der Waals surface area contributed by atoms with Crippen LogP contribution in [-0.2, 0) is 17.7 Å². The molecule has 0 aliphatic carbocycles. The van der Waals surface area contributed by atoms with E-state index < -0.39 is 0 Å². The topological polar surface area (TPSA) is 38.5 Å². The third-order valence-corrected chi connectivity index (χ3v) is 4.00. The number of hydrogen-bond acceptors (Lipinski definition) is 3. The van der Waals surface area contributed by atoms with Crippen LogP contribution < -0.4 is 5.73 Å². The van der Waals surface area contributed by atoms with E-state index in [4.69, 9.17) is 10.5 Å². The largest absolute Gasteiger partial charge is 0.399 e. The Morgan fingerprint density at radius 1 is 1.14 bits per heavy atom. The lowest BCUT2D eigenvalue weighted by molar-refractivity contribution is 0.0197. The molecule has 1 unspecified atom stereocenters. The zero-order valence-electron chi connectivity index (χ0n) is 12.5. The molecular weight excluding hydrogens is 260 g/mol. The Morgan fingerprint density at radius 3 is 2.71 bits per heavy atom. The van der Waals surface area contributed by atoms with Crippen LogP contribution in [0.15, 0.2) is 48.5 Å². The first-order valence-electron chi connectivity index (χ1n) is 7.45. The summed E-state index contributed by atoms with van der Waals surface area (Å²) in [4.78, 5) is 2.30. The SMILES string of the molecule is CN(Cc1ccc(N)cc1)CC1OCCc2ccccc21. The van der Waals surface area contributed by atoms with Crippen LogP contribution >= 0.6 is 0 Å². The smallest absolute Gasteiger partial charge is 0.0954 e. The minimum absolute atomic E-state index is 0.175. The second-order valence-electron chi connectivity index (χ2n) is 5.75. The molecule has 0 fully saturated rings. The maximum absolute atomic E-state index is 5.97. The Bertz CT molecular complexity index is 594. The van der Waals surface area contributed by atoms with Gasteiger partial charge in [-0.15, -0.1) is 0 Å². The molecule has 1 atom stereocenters. The van der Waals surface area contributed by atoms with Gasteiger partial charge in [-0.1, -0.05) is 36.4 Å². The third kappa shape index (κ3) is 3.43. The van der Waals surface area contributed by atoms with Crippen molar-refractivity contribution in [1.29, 1.82) is 0 Å². The molecule has 0 aromatic heterocycles. The fourth-order valence-electron chi connectivity index (χ4n) is 2.91. The van der Waals surface area contributed by atoms with Crippen LogP contribution in [-0.4, -0.2) is 25.1 Å². The summed E-state index contributed by atoms with van der Waals surface area (Å²) in [5.41, 5.74) is 10.6. The lowest BCUT2D eigenvalue weighted by Gasteiger charge is -2.29. The number of anilines is 1. The highest BCUT2D eigenvalue weighted by Crippen LogP contribution is 2.27. The van der Waals surface area contributed by atoms with Crippen molar-refractivity contribution in [1.82, 2.24) is 4.90 Å². The number of ether oxygens (including phenoxy) is 1. The molecule has 110 valence electrons. The maximum Gasteiger partial charge on any atom is 0.0954 e. The molecule has 0 amide bonds. The summed E-state index contributed by atoms with van der Waals surface area (Å²) in [5, 5.41) is 0. The van der Waals surface area contributed by atoms with Gasteiger partial charge >= 0.3 is 0 Å². The second kappa shape index (κ2) is 6.29. The highest BCUT2D eigenvalue weighted by molar-refractivity contribution is 5.39. The Balaban J connectivity index is 1.65. The Labute approximate surface area is 126 Å². The Kier molecular flexibility index (Phi) is 4.23. The molecule has 1 aliphatic rings. The molecule has 1 heterocycles. The predicted octanol–water partition coefficient (Wildman–Crippen LogP) is 3.01. The summed E-state index contributed by atoms with van der Waals surface area (Å²) in [6, 6.07) is 16.7. The first-order chi connectivity index (χ1) is 10.2. The van der Waals surface area contributed by atoms with Crippen molar-refractivity contribution in [2.24, 2.45) is 0 Å². The number of hydrogen-bond donors (Lipinski definition) is 1. The van der Waals surface area contributed by atoms with Crippen molar-refractivity contribution in [2.45, 2.75) is 19.1 Å². The fourth-order valence-corrected chi connectivity index (χ4v) is 2.91. The van der Waals surface area contributed by atoms with Crippen molar-refractivity contribution in [3.8, 4) is 0 Å². The fraction of sp³-hybridized carbons (Fsp3) is 0.333. The zero-order chi connectivity index (χ0) is 14.7. The van der Waals surface area contributed by atoms with Crippen molar-refractivity contribution >= 4 is 5.69 Å². The highest BCUT2D eigenvalue weighted by atomic mass is 16.5. The minimum Gasteiger partial charge on any atom is -0.399 e. The van der Waals surface area contributed by atoms with Crippen LogP contribution in [0.1, 0.15) is 22.8 Å². The van der Waals surface area contributed by atoms with Crippen molar-refractivity contribution in [3.63, 3.8) is 0 Å². The van der Waals surface area contributed by atoms with Crippen LogP contribution in [0.4, 0.5) is 5.69 Å². The van der Waals surface area contributed by atoms with Gasteiger partial charge in [0, 0.05) is 18.8 Å². The van der Waals surface area contributed by atoms with Gasteiger partial charge in [0.1, 0.15) is 0 Å². The molecule has 3 nitrogen and oxygen atoms in total. The molecule has 0 radical (unpaired) electrons. The molecule has 1 aliphatic heterocycles. The number of likely N-dealkylation sites (N-methyl/N-ethyl adjacent to an activating group) is 1. The summed E-state index contributed by atoms with van der Waals surface area (Å²) >= 11 is 0. The predicted molar refractivity (Wildman–Crippen MR) is 86.0 cm³/mol. The number of rotatable bonds is 4. The molecule has 0 saturated carbocycles. The van der Waals surface area contributed by atoms with Gasteiger partial charge < -0.3 is 10.5 Å². The molecule has 21 heavy (non-hydrogen) atoms. The number of nitrogens with two attached hydrogens (primary N) is 1. The summed E-state index contributed by atoms with van der Waals surface area (Å²) in [6.45, 7) is 2.63. The molecule has 2 aromatic carbocycles. The van der Waals surface area contributed by atoms with E-state index in [1.165, 1.54) is 16.7 Å². The molecule has 0 saturated heterocycles. The number of nitrogen functional groups attached to an aromatic ring is 1. The van der Waals surface area contributed by atoms with Gasteiger partial charge in [0.05, 0.1) is 12.7 Å². The van der Waals surface area contributed by atoms with Gasteiger partial charge in [0.25, 0.3) is 0 Å². The Hall–Kier alpha value is -1.84.